The zero-order valence-electron chi connectivity index (χ0n) is 17.4. The maximum absolute atomic E-state index is 13.4. The van der Waals surface area contributed by atoms with E-state index in [-0.39, 0.29) is 5.91 Å². The quantitative estimate of drug-likeness (QED) is 0.585. The molecule has 0 aliphatic rings. The van der Waals surface area contributed by atoms with Crippen LogP contribution in [0.2, 0.25) is 0 Å². The number of hydrogen-bond acceptors (Lipinski definition) is 5. The van der Waals surface area contributed by atoms with Gasteiger partial charge in [0.15, 0.2) is 5.13 Å². The molecule has 6 nitrogen and oxygen atoms in total. The second-order valence-electron chi connectivity index (χ2n) is 6.70. The molecule has 1 N–H and O–H groups in total. The molecule has 1 aromatic heterocycles. The van der Waals surface area contributed by atoms with Gasteiger partial charge >= 0.3 is 0 Å². The molecule has 0 saturated heterocycles. The van der Waals surface area contributed by atoms with Gasteiger partial charge in [0.05, 0.1) is 45.1 Å². The number of likely N-dealkylation sites (N-methyl/N-ethyl adjacent to an activating group) is 1. The smallest absolute Gasteiger partial charge is 0.260 e. The molecule has 0 spiro atoms. The minimum absolute atomic E-state index is 0.0581. The van der Waals surface area contributed by atoms with Gasteiger partial charge < -0.3 is 14.4 Å². The van der Waals surface area contributed by atoms with Gasteiger partial charge in [0, 0.05) is 5.56 Å². The normalized spacial score (nSPS) is 11.1. The third kappa shape index (κ3) is 4.68. The Morgan fingerprint density at radius 2 is 1.79 bits per heavy atom. The molecule has 3 rings (SSSR count). The van der Waals surface area contributed by atoms with E-state index in [1.165, 1.54) is 16.2 Å². The van der Waals surface area contributed by atoms with E-state index < -0.39 is 0 Å². The standard InChI is InChI=1S/C22H27N3O3S/c1-5-24(6-2)14-15-25(21(26)16-10-12-17(27-3)13-11-16)22-23-20-18(28-4)8-7-9-19(20)29-22/h7-13H,5-6,14-15H2,1-4H3/p+1. The van der Waals surface area contributed by atoms with Crippen LogP contribution in [0.25, 0.3) is 10.2 Å². The van der Waals surface area contributed by atoms with Crippen molar-refractivity contribution in [2.75, 3.05) is 45.3 Å². The Balaban J connectivity index is 1.96. The second kappa shape index (κ2) is 9.71. The summed E-state index contributed by atoms with van der Waals surface area (Å²) < 4.78 is 11.7. The number of thiazole rings is 1. The SMILES string of the molecule is CC[NH+](CC)CCN(C(=O)c1ccc(OC)cc1)c1nc2c(OC)cccc2s1. The number of rotatable bonds is 9. The number of aromatic nitrogens is 1. The molecular weight excluding hydrogens is 386 g/mol. The summed E-state index contributed by atoms with van der Waals surface area (Å²) in [4.78, 5) is 21.4. The number of methoxy groups -OCH3 is 2. The highest BCUT2D eigenvalue weighted by molar-refractivity contribution is 7.22. The molecule has 3 aromatic rings. The first kappa shape index (κ1) is 21.1. The molecule has 0 saturated carbocycles. The van der Waals surface area contributed by atoms with E-state index in [0.717, 1.165) is 41.3 Å². The van der Waals surface area contributed by atoms with E-state index in [1.54, 1.807) is 31.3 Å². The van der Waals surface area contributed by atoms with E-state index in [4.69, 9.17) is 14.5 Å². The fourth-order valence-corrected chi connectivity index (χ4v) is 4.25. The van der Waals surface area contributed by atoms with Gasteiger partial charge in [-0.3, -0.25) is 9.69 Å². The first-order chi connectivity index (χ1) is 14.1. The highest BCUT2D eigenvalue weighted by atomic mass is 32.1. The molecule has 0 aliphatic heterocycles. The number of carbonyl (C=O) groups excluding carboxylic acids is 1. The van der Waals surface area contributed by atoms with E-state index in [1.807, 2.05) is 30.3 Å². The van der Waals surface area contributed by atoms with Crippen LogP contribution in [-0.4, -0.2) is 51.3 Å². The Morgan fingerprint density at radius 3 is 2.41 bits per heavy atom. The third-order valence-corrected chi connectivity index (χ3v) is 6.14. The Hall–Kier alpha value is -2.64. The van der Waals surface area contributed by atoms with Gasteiger partial charge in [-0.2, -0.15) is 0 Å². The van der Waals surface area contributed by atoms with Gasteiger partial charge in [-0.25, -0.2) is 4.98 Å². The first-order valence-electron chi connectivity index (χ1n) is 9.84. The van der Waals surface area contributed by atoms with Crippen molar-refractivity contribution >= 4 is 32.6 Å². The first-order valence-corrected chi connectivity index (χ1v) is 10.7. The van der Waals surface area contributed by atoms with Gasteiger partial charge in [-0.05, 0) is 50.2 Å². The summed E-state index contributed by atoms with van der Waals surface area (Å²) in [6, 6.07) is 13.1. The number of para-hydroxylation sites is 1. The van der Waals surface area contributed by atoms with E-state index in [2.05, 4.69) is 13.8 Å². The van der Waals surface area contributed by atoms with Crippen molar-refractivity contribution in [2.24, 2.45) is 0 Å². The van der Waals surface area contributed by atoms with Crippen molar-refractivity contribution in [1.29, 1.82) is 0 Å². The summed E-state index contributed by atoms with van der Waals surface area (Å²) in [5, 5.41) is 0.692. The largest absolute Gasteiger partial charge is 0.497 e. The number of carbonyl (C=O) groups is 1. The highest BCUT2D eigenvalue weighted by Gasteiger charge is 2.23. The van der Waals surface area contributed by atoms with Crippen molar-refractivity contribution in [1.82, 2.24) is 4.98 Å². The number of hydrogen-bond donors (Lipinski definition) is 1. The molecule has 0 unspecified atom stereocenters. The summed E-state index contributed by atoms with van der Waals surface area (Å²) in [6.45, 7) is 7.84. The lowest BCUT2D eigenvalue weighted by molar-refractivity contribution is -0.894. The van der Waals surface area contributed by atoms with E-state index in [9.17, 15) is 4.79 Å². The van der Waals surface area contributed by atoms with Crippen LogP contribution in [0, 0.1) is 0 Å². The van der Waals surface area contributed by atoms with Crippen LogP contribution in [0.4, 0.5) is 5.13 Å². The molecule has 2 aromatic carbocycles. The summed E-state index contributed by atoms with van der Waals surface area (Å²) in [5.74, 6) is 1.39. The molecule has 7 heteroatoms. The molecule has 0 bridgehead atoms. The molecular formula is C22H28N3O3S+. The second-order valence-corrected chi connectivity index (χ2v) is 7.70. The van der Waals surface area contributed by atoms with E-state index >= 15 is 0 Å². The number of nitrogens with zero attached hydrogens (tertiary/aromatic N) is 2. The minimum Gasteiger partial charge on any atom is -0.497 e. The summed E-state index contributed by atoms with van der Waals surface area (Å²) >= 11 is 1.51. The lowest BCUT2D eigenvalue weighted by Crippen LogP contribution is -3.12. The maximum atomic E-state index is 13.4. The maximum Gasteiger partial charge on any atom is 0.260 e. The Bertz CT molecular complexity index is 952. The fraction of sp³-hybridized carbons (Fsp3) is 0.364. The zero-order valence-corrected chi connectivity index (χ0v) is 18.2. The summed E-state index contributed by atoms with van der Waals surface area (Å²) in [6.07, 6.45) is 0. The molecule has 0 atom stereocenters. The molecule has 0 aliphatic carbocycles. The van der Waals surface area contributed by atoms with Crippen molar-refractivity contribution in [3.8, 4) is 11.5 Å². The van der Waals surface area contributed by atoms with Crippen LogP contribution in [0.3, 0.4) is 0 Å². The topological polar surface area (TPSA) is 56.1 Å². The predicted molar refractivity (Wildman–Crippen MR) is 118 cm³/mol. The molecule has 0 fully saturated rings. The van der Waals surface area contributed by atoms with Gasteiger partial charge in [-0.15, -0.1) is 0 Å². The molecule has 29 heavy (non-hydrogen) atoms. The van der Waals surface area contributed by atoms with Crippen LogP contribution < -0.4 is 19.3 Å². The van der Waals surface area contributed by atoms with Crippen LogP contribution in [0.15, 0.2) is 42.5 Å². The Kier molecular flexibility index (Phi) is 7.06. The van der Waals surface area contributed by atoms with Gasteiger partial charge in [0.1, 0.15) is 17.0 Å². The lowest BCUT2D eigenvalue weighted by atomic mass is 10.2. The van der Waals surface area contributed by atoms with Crippen molar-refractivity contribution in [2.45, 2.75) is 13.8 Å². The molecule has 0 radical (unpaired) electrons. The van der Waals surface area contributed by atoms with E-state index in [0.29, 0.717) is 17.2 Å². The van der Waals surface area contributed by atoms with Gasteiger partial charge in [0.25, 0.3) is 5.91 Å². The van der Waals surface area contributed by atoms with Crippen molar-refractivity contribution in [3.05, 3.63) is 48.0 Å². The Morgan fingerprint density at radius 1 is 1.07 bits per heavy atom. The van der Waals surface area contributed by atoms with Crippen molar-refractivity contribution in [3.63, 3.8) is 0 Å². The molecule has 1 amide bonds. The zero-order chi connectivity index (χ0) is 20.8. The van der Waals surface area contributed by atoms with Crippen LogP contribution >= 0.6 is 11.3 Å². The fourth-order valence-electron chi connectivity index (χ4n) is 3.24. The Labute approximate surface area is 175 Å². The molecule has 154 valence electrons. The third-order valence-electron chi connectivity index (χ3n) is 5.09. The number of quaternary nitrogens is 1. The minimum atomic E-state index is -0.0581. The number of amides is 1. The van der Waals surface area contributed by atoms with Crippen molar-refractivity contribution < 1.29 is 19.2 Å². The van der Waals surface area contributed by atoms with Crippen LogP contribution in [0.1, 0.15) is 24.2 Å². The monoisotopic (exact) mass is 414 g/mol. The van der Waals surface area contributed by atoms with Gasteiger partial charge in [-0.1, -0.05) is 17.4 Å². The number of anilines is 1. The van der Waals surface area contributed by atoms with Gasteiger partial charge in [0.2, 0.25) is 0 Å². The average molecular weight is 415 g/mol. The van der Waals surface area contributed by atoms with Crippen LogP contribution in [-0.2, 0) is 0 Å². The molecule has 1 heterocycles. The summed E-state index contributed by atoms with van der Waals surface area (Å²) in [5.41, 5.74) is 1.41. The number of fused-ring (bicyclic) bond motifs is 1. The summed E-state index contributed by atoms with van der Waals surface area (Å²) in [7, 11) is 3.25. The predicted octanol–water partition coefficient (Wildman–Crippen LogP) is 2.89. The highest BCUT2D eigenvalue weighted by Crippen LogP contribution is 2.34. The number of ether oxygens (including phenoxy) is 2. The average Bonchev–Trinajstić information content (AvgIpc) is 3.20. The lowest BCUT2D eigenvalue weighted by Gasteiger charge is -2.23. The van der Waals surface area contributed by atoms with Crippen LogP contribution in [0.5, 0.6) is 11.5 Å². The number of benzene rings is 2. The number of nitrogens with one attached hydrogen (secondary N) is 1.